The molecule has 1 aromatic rings. The molecule has 25 heavy (non-hydrogen) atoms. The minimum Gasteiger partial charge on any atom is -0.543 e. The SMILES string of the molecule is C=CCOC(=O)c1c(C)c(OC)cc(O[Si](C)(C)C(C)(C)C)c1C=O. The van der Waals surface area contributed by atoms with E-state index < -0.39 is 14.3 Å². The second-order valence-corrected chi connectivity index (χ2v) is 12.1. The van der Waals surface area contributed by atoms with Gasteiger partial charge in [0.2, 0.25) is 0 Å². The first-order valence-electron chi connectivity index (χ1n) is 8.14. The third-order valence-electron chi connectivity index (χ3n) is 4.59. The van der Waals surface area contributed by atoms with Gasteiger partial charge in [0.1, 0.15) is 18.1 Å². The predicted molar refractivity (Wildman–Crippen MR) is 101 cm³/mol. The van der Waals surface area contributed by atoms with E-state index in [0.29, 0.717) is 23.3 Å². The fraction of sp³-hybridized carbons (Fsp3) is 0.474. The molecule has 0 radical (unpaired) electrons. The summed E-state index contributed by atoms with van der Waals surface area (Å²) in [6.45, 7) is 15.8. The molecular weight excluding hydrogens is 336 g/mol. The maximum atomic E-state index is 12.5. The zero-order valence-corrected chi connectivity index (χ0v) is 17.2. The molecule has 0 fully saturated rings. The molecule has 0 amide bonds. The van der Waals surface area contributed by atoms with Gasteiger partial charge in [0.15, 0.2) is 6.29 Å². The maximum absolute atomic E-state index is 12.5. The molecule has 0 N–H and O–H groups in total. The van der Waals surface area contributed by atoms with Crippen molar-refractivity contribution in [2.24, 2.45) is 0 Å². The van der Waals surface area contributed by atoms with Gasteiger partial charge in [-0.1, -0.05) is 33.4 Å². The van der Waals surface area contributed by atoms with E-state index in [4.69, 9.17) is 13.9 Å². The van der Waals surface area contributed by atoms with Gasteiger partial charge in [0.05, 0.1) is 18.2 Å². The Labute approximate surface area is 151 Å². The zero-order chi connectivity index (χ0) is 19.4. The zero-order valence-electron chi connectivity index (χ0n) is 16.2. The van der Waals surface area contributed by atoms with E-state index in [9.17, 15) is 9.59 Å². The Balaban J connectivity index is 3.56. The van der Waals surface area contributed by atoms with Crippen molar-refractivity contribution in [3.05, 3.63) is 35.4 Å². The lowest BCUT2D eigenvalue weighted by Gasteiger charge is -2.37. The van der Waals surface area contributed by atoms with Gasteiger partial charge < -0.3 is 13.9 Å². The summed E-state index contributed by atoms with van der Waals surface area (Å²) in [6.07, 6.45) is 2.11. The van der Waals surface area contributed by atoms with Crippen molar-refractivity contribution in [2.75, 3.05) is 13.7 Å². The molecular formula is C19H28O5Si. The quantitative estimate of drug-likeness (QED) is 0.307. The minimum absolute atomic E-state index is 0.0607. The Morgan fingerprint density at radius 3 is 2.32 bits per heavy atom. The molecule has 0 bridgehead atoms. The largest absolute Gasteiger partial charge is 0.543 e. The Hall–Kier alpha value is -2.08. The van der Waals surface area contributed by atoms with Crippen LogP contribution in [0.2, 0.25) is 18.1 Å². The standard InChI is InChI=1S/C19H28O5Si/c1-9-10-23-18(21)17-13(2)15(22-6)11-16(14(17)12-20)24-25(7,8)19(3,4)5/h9,11-12H,1,10H2,2-8H3. The van der Waals surface area contributed by atoms with Crippen LogP contribution in [0.1, 0.15) is 47.1 Å². The van der Waals surface area contributed by atoms with Gasteiger partial charge in [0.25, 0.3) is 8.32 Å². The van der Waals surface area contributed by atoms with Crippen molar-refractivity contribution >= 4 is 20.6 Å². The molecule has 1 rings (SSSR count). The molecule has 5 nitrogen and oxygen atoms in total. The fourth-order valence-electron chi connectivity index (χ4n) is 2.06. The first kappa shape index (κ1) is 21.0. The smallest absolute Gasteiger partial charge is 0.339 e. The first-order chi connectivity index (χ1) is 11.5. The van der Waals surface area contributed by atoms with E-state index in [1.54, 1.807) is 13.0 Å². The monoisotopic (exact) mass is 364 g/mol. The molecule has 0 atom stereocenters. The van der Waals surface area contributed by atoms with Gasteiger partial charge in [-0.2, -0.15) is 0 Å². The van der Waals surface area contributed by atoms with Crippen molar-refractivity contribution < 1.29 is 23.5 Å². The van der Waals surface area contributed by atoms with Crippen LogP contribution in [-0.2, 0) is 4.74 Å². The highest BCUT2D eigenvalue weighted by atomic mass is 28.4. The number of rotatable bonds is 7. The summed E-state index contributed by atoms with van der Waals surface area (Å²) in [5, 5.41) is -0.0607. The van der Waals surface area contributed by atoms with Crippen LogP contribution in [0.15, 0.2) is 18.7 Å². The summed E-state index contributed by atoms with van der Waals surface area (Å²) in [7, 11) is -0.700. The molecule has 0 saturated heterocycles. The number of methoxy groups -OCH3 is 1. The van der Waals surface area contributed by atoms with E-state index in [0.717, 1.165) is 0 Å². The molecule has 0 saturated carbocycles. The Morgan fingerprint density at radius 1 is 1.28 bits per heavy atom. The third kappa shape index (κ3) is 4.51. The second-order valence-electron chi connectivity index (χ2n) is 7.36. The lowest BCUT2D eigenvalue weighted by molar-refractivity contribution is 0.0545. The molecule has 0 spiro atoms. The number of ether oxygens (including phenoxy) is 2. The number of aldehydes is 1. The lowest BCUT2D eigenvalue weighted by atomic mass is 10.0. The molecule has 0 aliphatic rings. The van der Waals surface area contributed by atoms with Crippen LogP contribution in [0.4, 0.5) is 0 Å². The van der Waals surface area contributed by atoms with E-state index in [1.165, 1.54) is 13.2 Å². The van der Waals surface area contributed by atoms with Crippen LogP contribution in [0.5, 0.6) is 11.5 Å². The van der Waals surface area contributed by atoms with Crippen molar-refractivity contribution in [2.45, 2.75) is 45.8 Å². The average molecular weight is 365 g/mol. The van der Waals surface area contributed by atoms with Gasteiger partial charge in [0, 0.05) is 11.6 Å². The van der Waals surface area contributed by atoms with E-state index in [-0.39, 0.29) is 22.8 Å². The first-order valence-corrected chi connectivity index (χ1v) is 11.0. The van der Waals surface area contributed by atoms with Crippen LogP contribution in [0.25, 0.3) is 0 Å². The second kappa shape index (κ2) is 7.87. The fourth-order valence-corrected chi connectivity index (χ4v) is 3.09. The van der Waals surface area contributed by atoms with Crippen LogP contribution >= 0.6 is 0 Å². The van der Waals surface area contributed by atoms with Gasteiger partial charge in [-0.05, 0) is 25.1 Å². The highest BCUT2D eigenvalue weighted by molar-refractivity contribution is 6.74. The molecule has 138 valence electrons. The summed E-state index contributed by atoms with van der Waals surface area (Å²) in [5.74, 6) is 0.234. The van der Waals surface area contributed by atoms with Gasteiger partial charge >= 0.3 is 5.97 Å². The highest BCUT2D eigenvalue weighted by Crippen LogP contribution is 2.40. The molecule has 0 aromatic heterocycles. The number of esters is 1. The van der Waals surface area contributed by atoms with Gasteiger partial charge in [-0.25, -0.2) is 4.79 Å². The molecule has 0 unspecified atom stereocenters. The number of carbonyl (C=O) groups excluding carboxylic acids is 2. The average Bonchev–Trinajstić information content (AvgIpc) is 2.52. The van der Waals surface area contributed by atoms with Crippen molar-refractivity contribution in [3.63, 3.8) is 0 Å². The van der Waals surface area contributed by atoms with E-state index >= 15 is 0 Å². The van der Waals surface area contributed by atoms with Crippen LogP contribution < -0.4 is 9.16 Å². The van der Waals surface area contributed by atoms with Crippen LogP contribution in [-0.4, -0.2) is 34.3 Å². The summed E-state index contributed by atoms with van der Waals surface area (Å²) in [4.78, 5) is 24.2. The van der Waals surface area contributed by atoms with E-state index in [1.807, 2.05) is 0 Å². The maximum Gasteiger partial charge on any atom is 0.339 e. The Bertz CT molecular complexity index is 671. The normalized spacial score (nSPS) is 11.6. The lowest BCUT2D eigenvalue weighted by Crippen LogP contribution is -2.44. The molecule has 1 aromatic carbocycles. The number of hydrogen-bond donors (Lipinski definition) is 0. The predicted octanol–water partition coefficient (Wildman–Crippen LogP) is 4.54. The molecule has 0 heterocycles. The Kier molecular flexibility index (Phi) is 6.59. The van der Waals surface area contributed by atoms with Crippen molar-refractivity contribution in [1.82, 2.24) is 0 Å². The summed E-state index contributed by atoms with van der Waals surface area (Å²) < 4.78 is 16.8. The van der Waals surface area contributed by atoms with Crippen molar-refractivity contribution in [3.8, 4) is 11.5 Å². The minimum atomic E-state index is -2.21. The highest BCUT2D eigenvalue weighted by Gasteiger charge is 2.40. The molecule has 6 heteroatoms. The van der Waals surface area contributed by atoms with Crippen molar-refractivity contribution in [1.29, 1.82) is 0 Å². The van der Waals surface area contributed by atoms with Crippen LogP contribution in [0, 0.1) is 6.92 Å². The number of benzene rings is 1. The summed E-state index contributed by atoms with van der Waals surface area (Å²) in [6, 6.07) is 1.67. The number of carbonyl (C=O) groups is 2. The summed E-state index contributed by atoms with van der Waals surface area (Å²) in [5.41, 5.74) is 0.906. The third-order valence-corrected chi connectivity index (χ3v) is 8.93. The number of hydrogen-bond acceptors (Lipinski definition) is 5. The Morgan fingerprint density at radius 2 is 1.88 bits per heavy atom. The summed E-state index contributed by atoms with van der Waals surface area (Å²) >= 11 is 0. The molecule has 0 aliphatic carbocycles. The topological polar surface area (TPSA) is 61.8 Å². The van der Waals surface area contributed by atoms with E-state index in [2.05, 4.69) is 40.4 Å². The van der Waals surface area contributed by atoms with Crippen LogP contribution in [0.3, 0.4) is 0 Å². The van der Waals surface area contributed by atoms with Gasteiger partial charge in [-0.15, -0.1) is 0 Å². The molecule has 0 aliphatic heterocycles. The van der Waals surface area contributed by atoms with Gasteiger partial charge in [-0.3, -0.25) is 4.79 Å².